The van der Waals surface area contributed by atoms with Crippen molar-refractivity contribution in [1.29, 1.82) is 0 Å². The number of benzene rings is 1. The molecule has 33 heavy (non-hydrogen) atoms. The largest absolute Gasteiger partial charge is 0.477 e. The van der Waals surface area contributed by atoms with Crippen LogP contribution in [0.25, 0.3) is 0 Å². The predicted octanol–water partition coefficient (Wildman–Crippen LogP) is 5.62. The van der Waals surface area contributed by atoms with Crippen LogP contribution in [0.4, 0.5) is 5.69 Å². The molecular weight excluding hydrogens is 424 g/mol. The highest BCUT2D eigenvalue weighted by atomic mass is 16.6. The Hall–Kier alpha value is -2.48. The molecule has 1 aromatic rings. The Labute approximate surface area is 197 Å². The number of unbranched alkanes of at least 4 members (excludes halogenated alkanes) is 8. The highest BCUT2D eigenvalue weighted by Gasteiger charge is 2.20. The lowest BCUT2D eigenvalue weighted by molar-refractivity contribution is -0.385. The number of carboxylic acid groups (broad SMARTS) is 1. The molecule has 1 rings (SSSR count). The molecular formula is C25H40N2O6. The first-order valence-corrected chi connectivity index (χ1v) is 12.3. The Morgan fingerprint density at radius 3 is 2.21 bits per heavy atom. The molecule has 0 saturated heterocycles. The number of hydrogen-bond acceptors (Lipinski definition) is 5. The van der Waals surface area contributed by atoms with Gasteiger partial charge in [-0.1, -0.05) is 71.3 Å². The lowest BCUT2D eigenvalue weighted by Gasteiger charge is -2.23. The van der Waals surface area contributed by atoms with E-state index in [1.54, 1.807) is 11.0 Å². The second-order valence-corrected chi connectivity index (χ2v) is 8.43. The molecule has 0 aromatic heterocycles. The number of carbonyl (C=O) groups is 2. The van der Waals surface area contributed by atoms with Crippen LogP contribution in [0.2, 0.25) is 0 Å². The average molecular weight is 465 g/mol. The summed E-state index contributed by atoms with van der Waals surface area (Å²) in [7, 11) is 0. The van der Waals surface area contributed by atoms with Gasteiger partial charge >= 0.3 is 5.97 Å². The van der Waals surface area contributed by atoms with Gasteiger partial charge in [0.2, 0.25) is 5.91 Å². The molecule has 186 valence electrons. The van der Waals surface area contributed by atoms with Crippen LogP contribution >= 0.6 is 0 Å². The van der Waals surface area contributed by atoms with Crippen LogP contribution in [0, 0.1) is 10.1 Å². The number of nitrogens with zero attached hydrogens (tertiary/aromatic N) is 2. The molecule has 8 heteroatoms. The van der Waals surface area contributed by atoms with E-state index in [4.69, 9.17) is 4.74 Å². The number of nitro benzene ring substituents is 1. The Morgan fingerprint density at radius 1 is 0.970 bits per heavy atom. The molecule has 1 amide bonds. The summed E-state index contributed by atoms with van der Waals surface area (Å²) >= 11 is 0. The van der Waals surface area contributed by atoms with Crippen LogP contribution < -0.4 is 0 Å². The van der Waals surface area contributed by atoms with E-state index in [0.29, 0.717) is 31.7 Å². The molecule has 0 aliphatic carbocycles. The minimum atomic E-state index is -1.33. The van der Waals surface area contributed by atoms with E-state index < -0.39 is 16.6 Å². The molecule has 0 heterocycles. The van der Waals surface area contributed by atoms with Crippen LogP contribution in [0.3, 0.4) is 0 Å². The van der Waals surface area contributed by atoms with Crippen molar-refractivity contribution in [2.24, 2.45) is 0 Å². The zero-order valence-electron chi connectivity index (χ0n) is 20.2. The van der Waals surface area contributed by atoms with Crippen LogP contribution in [0.5, 0.6) is 0 Å². The summed E-state index contributed by atoms with van der Waals surface area (Å²) in [6, 6.07) is 4.11. The first-order valence-electron chi connectivity index (χ1n) is 12.3. The number of hydrogen-bond donors (Lipinski definition) is 1. The number of carbonyl (C=O) groups excluding carboxylic acids is 1. The highest BCUT2D eigenvalue weighted by Crippen LogP contribution is 2.20. The van der Waals surface area contributed by atoms with Gasteiger partial charge in [0.05, 0.1) is 4.92 Å². The van der Waals surface area contributed by atoms with Crippen LogP contribution in [-0.4, -0.2) is 53.1 Å². The van der Waals surface area contributed by atoms with Crippen molar-refractivity contribution in [1.82, 2.24) is 4.90 Å². The molecule has 0 atom stereocenters. The van der Waals surface area contributed by atoms with Crippen molar-refractivity contribution in [2.75, 3.05) is 26.3 Å². The van der Waals surface area contributed by atoms with Gasteiger partial charge in [0.25, 0.3) is 5.69 Å². The smallest absolute Gasteiger partial charge is 0.342 e. The SMILES string of the molecule is CCCCCCCCCCN(CCc1ccc([N+](=O)[O-])c(C(=O)O)c1)C(=O)COCCCC. The van der Waals surface area contributed by atoms with Gasteiger partial charge in [0.15, 0.2) is 0 Å². The van der Waals surface area contributed by atoms with Gasteiger partial charge < -0.3 is 14.7 Å². The van der Waals surface area contributed by atoms with E-state index in [0.717, 1.165) is 32.1 Å². The molecule has 8 nitrogen and oxygen atoms in total. The van der Waals surface area contributed by atoms with Crippen molar-refractivity contribution < 1.29 is 24.4 Å². The monoisotopic (exact) mass is 464 g/mol. The topological polar surface area (TPSA) is 110 Å². The second kappa shape index (κ2) is 17.1. The van der Waals surface area contributed by atoms with Gasteiger partial charge in [-0.05, 0) is 30.9 Å². The van der Waals surface area contributed by atoms with Crippen molar-refractivity contribution in [2.45, 2.75) is 84.5 Å². The third-order valence-electron chi connectivity index (χ3n) is 5.66. The number of aromatic carboxylic acids is 1. The third kappa shape index (κ3) is 11.8. The number of rotatable bonds is 19. The molecule has 0 saturated carbocycles. The van der Waals surface area contributed by atoms with E-state index >= 15 is 0 Å². The molecule has 0 unspecified atom stereocenters. The summed E-state index contributed by atoms with van der Waals surface area (Å²) in [5.41, 5.74) is -0.109. The Bertz CT molecular complexity index is 738. The summed E-state index contributed by atoms with van der Waals surface area (Å²) in [4.78, 5) is 36.2. The lowest BCUT2D eigenvalue weighted by atomic mass is 10.1. The quantitative estimate of drug-likeness (QED) is 0.162. The van der Waals surface area contributed by atoms with Crippen molar-refractivity contribution in [3.63, 3.8) is 0 Å². The van der Waals surface area contributed by atoms with Crippen LogP contribution in [-0.2, 0) is 16.0 Å². The number of ether oxygens (including phenoxy) is 1. The normalized spacial score (nSPS) is 10.8. The maximum absolute atomic E-state index is 12.7. The lowest BCUT2D eigenvalue weighted by Crippen LogP contribution is -2.36. The fraction of sp³-hybridized carbons (Fsp3) is 0.680. The second-order valence-electron chi connectivity index (χ2n) is 8.43. The van der Waals surface area contributed by atoms with E-state index in [-0.39, 0.29) is 18.1 Å². The minimum absolute atomic E-state index is 0.0393. The molecule has 1 N–H and O–H groups in total. The summed E-state index contributed by atoms with van der Waals surface area (Å²) < 4.78 is 5.50. The maximum Gasteiger partial charge on any atom is 0.342 e. The Morgan fingerprint density at radius 2 is 1.61 bits per heavy atom. The highest BCUT2D eigenvalue weighted by molar-refractivity contribution is 5.92. The van der Waals surface area contributed by atoms with Gasteiger partial charge in [-0.25, -0.2) is 4.79 Å². The van der Waals surface area contributed by atoms with Gasteiger partial charge in [-0.2, -0.15) is 0 Å². The van der Waals surface area contributed by atoms with Gasteiger partial charge in [-0.3, -0.25) is 14.9 Å². The Kier molecular flexibility index (Phi) is 14.8. The molecule has 0 fully saturated rings. The standard InChI is InChI=1S/C25H40N2O6/c1-3-5-7-8-9-10-11-12-16-26(24(28)20-33-18-6-4-2)17-15-21-13-14-23(27(31)32)22(19-21)25(29)30/h13-14,19H,3-12,15-18,20H2,1-2H3,(H,29,30). The summed E-state index contributed by atoms with van der Waals surface area (Å²) in [5, 5.41) is 20.4. The summed E-state index contributed by atoms with van der Waals surface area (Å²) in [5.74, 6) is -1.41. The average Bonchev–Trinajstić information content (AvgIpc) is 2.79. The molecule has 0 aliphatic heterocycles. The van der Waals surface area contributed by atoms with Crippen molar-refractivity contribution in [3.8, 4) is 0 Å². The molecule has 0 aliphatic rings. The number of nitro groups is 1. The van der Waals surface area contributed by atoms with Crippen molar-refractivity contribution in [3.05, 3.63) is 39.4 Å². The first-order chi connectivity index (χ1) is 15.9. The molecule has 1 aromatic carbocycles. The number of carboxylic acids is 1. The summed E-state index contributed by atoms with van der Waals surface area (Å²) in [6.07, 6.45) is 11.7. The Balaban J connectivity index is 2.65. The van der Waals surface area contributed by atoms with E-state index in [9.17, 15) is 24.8 Å². The zero-order valence-corrected chi connectivity index (χ0v) is 20.2. The first kappa shape index (κ1) is 28.6. The van der Waals surface area contributed by atoms with Gasteiger partial charge in [-0.15, -0.1) is 0 Å². The fourth-order valence-electron chi connectivity index (χ4n) is 3.63. The van der Waals surface area contributed by atoms with E-state index in [1.165, 1.54) is 44.2 Å². The van der Waals surface area contributed by atoms with Crippen LogP contribution in [0.1, 0.15) is 94.0 Å². The maximum atomic E-state index is 12.7. The zero-order chi connectivity index (χ0) is 24.5. The predicted molar refractivity (Wildman–Crippen MR) is 129 cm³/mol. The van der Waals surface area contributed by atoms with E-state index in [2.05, 4.69) is 13.8 Å². The van der Waals surface area contributed by atoms with Gasteiger partial charge in [0, 0.05) is 25.8 Å². The molecule has 0 spiro atoms. The van der Waals surface area contributed by atoms with Gasteiger partial charge in [0.1, 0.15) is 12.2 Å². The molecule has 0 radical (unpaired) electrons. The van der Waals surface area contributed by atoms with E-state index in [1.807, 2.05) is 0 Å². The van der Waals surface area contributed by atoms with Crippen molar-refractivity contribution >= 4 is 17.6 Å². The minimum Gasteiger partial charge on any atom is -0.477 e. The summed E-state index contributed by atoms with van der Waals surface area (Å²) in [6.45, 7) is 5.91. The number of amides is 1. The fourth-order valence-corrected chi connectivity index (χ4v) is 3.63. The van der Waals surface area contributed by atoms with Crippen LogP contribution in [0.15, 0.2) is 18.2 Å². The third-order valence-corrected chi connectivity index (χ3v) is 5.66. The molecule has 0 bridgehead atoms.